The number of thioether (sulfide) groups is 1. The lowest BCUT2D eigenvalue weighted by molar-refractivity contribution is -0.142. The molecular formula is C18H17ClN2O2S2. The van der Waals surface area contributed by atoms with E-state index in [1.54, 1.807) is 11.3 Å². The fourth-order valence-electron chi connectivity index (χ4n) is 2.31. The summed E-state index contributed by atoms with van der Waals surface area (Å²) in [6.07, 6.45) is 2.35. The lowest BCUT2D eigenvalue weighted by atomic mass is 10.1. The average Bonchev–Trinajstić information content (AvgIpc) is 3.05. The van der Waals surface area contributed by atoms with Crippen molar-refractivity contribution in [3.05, 3.63) is 41.0 Å². The van der Waals surface area contributed by atoms with Crippen molar-refractivity contribution < 1.29 is 9.53 Å². The molecule has 0 N–H and O–H groups in total. The number of fused-ring (bicyclic) bond motifs is 1. The number of benzene rings is 1. The van der Waals surface area contributed by atoms with Gasteiger partial charge in [0.2, 0.25) is 0 Å². The van der Waals surface area contributed by atoms with Crippen LogP contribution in [0, 0.1) is 0 Å². The molecule has 3 rings (SSSR count). The van der Waals surface area contributed by atoms with E-state index in [4.69, 9.17) is 16.3 Å². The molecule has 0 saturated heterocycles. The summed E-state index contributed by atoms with van der Waals surface area (Å²) in [6.45, 7) is 4.26. The van der Waals surface area contributed by atoms with Crippen molar-refractivity contribution in [1.82, 2.24) is 9.97 Å². The van der Waals surface area contributed by atoms with Gasteiger partial charge in [-0.25, -0.2) is 9.97 Å². The Kier molecular flexibility index (Phi) is 5.93. The van der Waals surface area contributed by atoms with Crippen molar-refractivity contribution in [3.8, 4) is 11.1 Å². The molecule has 0 aliphatic carbocycles. The Hall–Kier alpha value is -1.63. The van der Waals surface area contributed by atoms with Crippen molar-refractivity contribution >= 4 is 50.9 Å². The molecular weight excluding hydrogens is 376 g/mol. The predicted octanol–water partition coefficient (Wildman–Crippen LogP) is 5.45. The zero-order valence-electron chi connectivity index (χ0n) is 13.9. The summed E-state index contributed by atoms with van der Waals surface area (Å²) in [5, 5.41) is 4.18. The third kappa shape index (κ3) is 4.14. The predicted molar refractivity (Wildman–Crippen MR) is 104 cm³/mol. The SMILES string of the molecule is CCCOC(=O)[C@H](C)Sc1ncnc2scc(-c3ccc(Cl)cc3)c12. The highest BCUT2D eigenvalue weighted by Gasteiger charge is 2.20. The van der Waals surface area contributed by atoms with E-state index < -0.39 is 0 Å². The standard InChI is InChI=1S/C18H17ClN2O2S2/c1-3-8-23-18(22)11(2)25-17-15-14(9-24-16(15)20-10-21-17)12-4-6-13(19)7-5-12/h4-7,9-11H,3,8H2,1-2H3/t11-/m0/s1. The van der Waals surface area contributed by atoms with Gasteiger partial charge < -0.3 is 4.74 Å². The maximum Gasteiger partial charge on any atom is 0.319 e. The van der Waals surface area contributed by atoms with Crippen LogP contribution in [0.2, 0.25) is 5.02 Å². The van der Waals surface area contributed by atoms with Gasteiger partial charge in [-0.3, -0.25) is 4.79 Å². The molecule has 7 heteroatoms. The first kappa shape index (κ1) is 18.2. The van der Waals surface area contributed by atoms with Crippen LogP contribution in [0.5, 0.6) is 0 Å². The summed E-state index contributed by atoms with van der Waals surface area (Å²) in [6, 6.07) is 7.68. The number of rotatable bonds is 6. The van der Waals surface area contributed by atoms with Crippen molar-refractivity contribution in [2.24, 2.45) is 0 Å². The van der Waals surface area contributed by atoms with Crippen LogP contribution in [-0.2, 0) is 9.53 Å². The second-order valence-electron chi connectivity index (χ2n) is 5.44. The van der Waals surface area contributed by atoms with Gasteiger partial charge in [0.25, 0.3) is 0 Å². The largest absolute Gasteiger partial charge is 0.465 e. The number of carbonyl (C=O) groups excluding carboxylic acids is 1. The molecule has 0 amide bonds. The van der Waals surface area contributed by atoms with Crippen LogP contribution in [0.4, 0.5) is 0 Å². The lowest BCUT2D eigenvalue weighted by Crippen LogP contribution is -2.17. The minimum atomic E-state index is -0.331. The minimum absolute atomic E-state index is 0.220. The highest BCUT2D eigenvalue weighted by atomic mass is 35.5. The van der Waals surface area contributed by atoms with Crippen molar-refractivity contribution in [2.45, 2.75) is 30.5 Å². The number of ether oxygens (including phenoxy) is 1. The molecule has 3 aromatic rings. The first-order valence-corrected chi connectivity index (χ1v) is 10.0. The fraction of sp³-hybridized carbons (Fsp3) is 0.278. The molecule has 0 aliphatic heterocycles. The monoisotopic (exact) mass is 392 g/mol. The van der Waals surface area contributed by atoms with E-state index in [1.165, 1.54) is 18.1 Å². The van der Waals surface area contributed by atoms with Crippen LogP contribution in [0.1, 0.15) is 20.3 Å². The smallest absolute Gasteiger partial charge is 0.319 e. The Bertz CT molecular complexity index is 880. The summed E-state index contributed by atoms with van der Waals surface area (Å²) in [7, 11) is 0. The van der Waals surface area contributed by atoms with E-state index in [-0.39, 0.29) is 11.2 Å². The number of carbonyl (C=O) groups is 1. The molecule has 1 atom stereocenters. The Morgan fingerprint density at radius 2 is 2.08 bits per heavy atom. The van der Waals surface area contributed by atoms with Gasteiger partial charge in [0.15, 0.2) is 0 Å². The summed E-state index contributed by atoms with van der Waals surface area (Å²) in [5.74, 6) is -0.220. The number of halogens is 1. The van der Waals surface area contributed by atoms with Crippen LogP contribution >= 0.6 is 34.7 Å². The van der Waals surface area contributed by atoms with E-state index in [0.717, 1.165) is 32.8 Å². The number of hydrogen-bond acceptors (Lipinski definition) is 6. The first-order valence-electron chi connectivity index (χ1n) is 7.91. The van der Waals surface area contributed by atoms with Gasteiger partial charge in [0.05, 0.1) is 12.0 Å². The molecule has 0 saturated carbocycles. The van der Waals surface area contributed by atoms with Crippen LogP contribution < -0.4 is 0 Å². The maximum atomic E-state index is 12.1. The third-order valence-corrected chi connectivity index (χ3v) is 5.78. The normalized spacial score (nSPS) is 12.3. The number of hydrogen-bond donors (Lipinski definition) is 0. The van der Waals surface area contributed by atoms with E-state index in [9.17, 15) is 4.79 Å². The van der Waals surface area contributed by atoms with Gasteiger partial charge in [-0.1, -0.05) is 42.4 Å². The molecule has 0 bridgehead atoms. The number of aromatic nitrogens is 2. The molecule has 0 radical (unpaired) electrons. The maximum absolute atomic E-state index is 12.1. The summed E-state index contributed by atoms with van der Waals surface area (Å²) < 4.78 is 5.23. The van der Waals surface area contributed by atoms with E-state index in [1.807, 2.05) is 38.1 Å². The summed E-state index contributed by atoms with van der Waals surface area (Å²) in [5.41, 5.74) is 2.10. The number of thiophene rings is 1. The van der Waals surface area contributed by atoms with Gasteiger partial charge in [-0.2, -0.15) is 0 Å². The van der Waals surface area contributed by atoms with Crippen molar-refractivity contribution in [3.63, 3.8) is 0 Å². The Morgan fingerprint density at radius 3 is 2.80 bits per heavy atom. The van der Waals surface area contributed by atoms with Crippen molar-refractivity contribution in [2.75, 3.05) is 6.61 Å². The minimum Gasteiger partial charge on any atom is -0.465 e. The lowest BCUT2D eigenvalue weighted by Gasteiger charge is -2.11. The molecule has 1 aromatic carbocycles. The average molecular weight is 393 g/mol. The van der Waals surface area contributed by atoms with Crippen LogP contribution in [0.25, 0.3) is 21.3 Å². The molecule has 0 fully saturated rings. The summed E-state index contributed by atoms with van der Waals surface area (Å²) >= 11 is 8.96. The van der Waals surface area contributed by atoms with Crippen LogP contribution in [0.3, 0.4) is 0 Å². The van der Waals surface area contributed by atoms with Crippen LogP contribution in [0.15, 0.2) is 41.0 Å². The second kappa shape index (κ2) is 8.17. The Balaban J connectivity index is 1.94. The zero-order valence-corrected chi connectivity index (χ0v) is 16.2. The molecule has 2 aromatic heterocycles. The van der Waals surface area contributed by atoms with Gasteiger partial charge in [-0.05, 0) is 31.0 Å². The fourth-order valence-corrected chi connectivity index (χ4v) is 4.35. The van der Waals surface area contributed by atoms with E-state index in [0.29, 0.717) is 11.6 Å². The van der Waals surface area contributed by atoms with Crippen LogP contribution in [-0.4, -0.2) is 27.8 Å². The molecule has 25 heavy (non-hydrogen) atoms. The molecule has 4 nitrogen and oxygen atoms in total. The van der Waals surface area contributed by atoms with Gasteiger partial charge in [0, 0.05) is 16.0 Å². The third-order valence-electron chi connectivity index (χ3n) is 3.56. The topological polar surface area (TPSA) is 52.1 Å². The van der Waals surface area contributed by atoms with Gasteiger partial charge in [0.1, 0.15) is 21.4 Å². The highest BCUT2D eigenvalue weighted by molar-refractivity contribution is 8.00. The molecule has 2 heterocycles. The Labute approximate surface area is 159 Å². The number of nitrogens with zero attached hydrogens (tertiary/aromatic N) is 2. The summed E-state index contributed by atoms with van der Waals surface area (Å²) in [4.78, 5) is 21.7. The van der Waals surface area contributed by atoms with Gasteiger partial charge in [-0.15, -0.1) is 11.3 Å². The highest BCUT2D eigenvalue weighted by Crippen LogP contribution is 2.39. The molecule has 0 spiro atoms. The first-order chi connectivity index (χ1) is 12.1. The van der Waals surface area contributed by atoms with E-state index >= 15 is 0 Å². The molecule has 130 valence electrons. The van der Waals surface area contributed by atoms with E-state index in [2.05, 4.69) is 15.3 Å². The zero-order chi connectivity index (χ0) is 17.8. The molecule has 0 aliphatic rings. The Morgan fingerprint density at radius 1 is 1.32 bits per heavy atom. The number of esters is 1. The van der Waals surface area contributed by atoms with Crippen molar-refractivity contribution in [1.29, 1.82) is 0 Å². The van der Waals surface area contributed by atoms with Gasteiger partial charge >= 0.3 is 5.97 Å². The molecule has 0 unspecified atom stereocenters. The second-order valence-corrected chi connectivity index (χ2v) is 8.07. The quantitative estimate of drug-likeness (QED) is 0.317.